The van der Waals surface area contributed by atoms with Crippen LogP contribution >= 0.6 is 0 Å². The van der Waals surface area contributed by atoms with Crippen molar-refractivity contribution >= 4 is 29.2 Å². The van der Waals surface area contributed by atoms with Crippen LogP contribution in [0.5, 0.6) is 0 Å². The molecule has 0 radical (unpaired) electrons. The molecule has 0 unspecified atom stereocenters. The summed E-state index contributed by atoms with van der Waals surface area (Å²) in [5, 5.41) is 15.8. The van der Waals surface area contributed by atoms with Gasteiger partial charge in [0.2, 0.25) is 5.95 Å². The van der Waals surface area contributed by atoms with E-state index in [1.165, 1.54) is 5.56 Å². The van der Waals surface area contributed by atoms with E-state index in [2.05, 4.69) is 66.2 Å². The SMILES string of the molecule is C=Cc1cnc(Nc2ccccc2C#N)nc1Nc1c(C)cc(C)cc1C. The average molecular weight is 355 g/mol. The predicted molar refractivity (Wildman–Crippen MR) is 110 cm³/mol. The van der Waals surface area contributed by atoms with Crippen LogP contribution in [0, 0.1) is 32.1 Å². The van der Waals surface area contributed by atoms with Crippen molar-refractivity contribution < 1.29 is 0 Å². The Hall–Kier alpha value is -3.65. The fraction of sp³-hybridized carbons (Fsp3) is 0.136. The summed E-state index contributed by atoms with van der Waals surface area (Å²) in [5.74, 6) is 1.07. The molecule has 0 aliphatic carbocycles. The van der Waals surface area contributed by atoms with Crippen LogP contribution in [0.3, 0.4) is 0 Å². The summed E-state index contributed by atoms with van der Waals surface area (Å²) in [4.78, 5) is 8.94. The van der Waals surface area contributed by atoms with Gasteiger partial charge in [0, 0.05) is 17.4 Å². The maximum absolute atomic E-state index is 9.26. The molecule has 0 saturated carbocycles. The highest BCUT2D eigenvalue weighted by Gasteiger charge is 2.11. The molecule has 3 rings (SSSR count). The van der Waals surface area contributed by atoms with E-state index in [9.17, 15) is 5.26 Å². The molecule has 0 amide bonds. The Kier molecular flexibility index (Phi) is 5.18. The highest BCUT2D eigenvalue weighted by Crippen LogP contribution is 2.28. The van der Waals surface area contributed by atoms with Gasteiger partial charge in [0.1, 0.15) is 11.9 Å². The number of aryl methyl sites for hydroxylation is 3. The number of hydrogen-bond acceptors (Lipinski definition) is 5. The Bertz CT molecular complexity index is 1020. The summed E-state index contributed by atoms with van der Waals surface area (Å²) in [6.45, 7) is 10.1. The fourth-order valence-electron chi connectivity index (χ4n) is 3.01. The molecule has 0 aliphatic rings. The molecule has 3 aromatic rings. The second-order valence-electron chi connectivity index (χ2n) is 6.38. The van der Waals surface area contributed by atoms with Crippen molar-refractivity contribution in [3.8, 4) is 6.07 Å². The normalized spacial score (nSPS) is 10.1. The van der Waals surface area contributed by atoms with Gasteiger partial charge in [-0.2, -0.15) is 10.2 Å². The van der Waals surface area contributed by atoms with E-state index in [0.29, 0.717) is 23.0 Å². The van der Waals surface area contributed by atoms with Gasteiger partial charge in [-0.1, -0.05) is 42.5 Å². The van der Waals surface area contributed by atoms with Crippen LogP contribution < -0.4 is 10.6 Å². The Morgan fingerprint density at radius 3 is 2.44 bits per heavy atom. The van der Waals surface area contributed by atoms with Crippen molar-refractivity contribution in [2.24, 2.45) is 0 Å². The molecule has 0 spiro atoms. The van der Waals surface area contributed by atoms with E-state index in [1.54, 1.807) is 18.3 Å². The predicted octanol–water partition coefficient (Wildman–Crippen LogP) is 5.40. The summed E-state index contributed by atoms with van der Waals surface area (Å²) >= 11 is 0. The van der Waals surface area contributed by atoms with Gasteiger partial charge >= 0.3 is 0 Å². The van der Waals surface area contributed by atoms with Crippen LogP contribution in [-0.4, -0.2) is 9.97 Å². The number of nitrogens with one attached hydrogen (secondary N) is 2. The van der Waals surface area contributed by atoms with Crippen molar-refractivity contribution in [3.05, 3.63) is 77.0 Å². The summed E-state index contributed by atoms with van der Waals surface area (Å²) in [7, 11) is 0. The number of anilines is 4. The monoisotopic (exact) mass is 355 g/mol. The van der Waals surface area contributed by atoms with Crippen LogP contribution in [0.4, 0.5) is 23.1 Å². The summed E-state index contributed by atoms with van der Waals surface area (Å²) in [6, 6.07) is 13.7. The largest absolute Gasteiger partial charge is 0.339 e. The summed E-state index contributed by atoms with van der Waals surface area (Å²) in [5.41, 5.74) is 6.53. The second kappa shape index (κ2) is 7.71. The third kappa shape index (κ3) is 3.96. The number of para-hydroxylation sites is 1. The molecule has 1 heterocycles. The Balaban J connectivity index is 1.98. The molecular formula is C22H21N5. The lowest BCUT2D eigenvalue weighted by Gasteiger charge is -2.16. The van der Waals surface area contributed by atoms with Crippen LogP contribution in [0.1, 0.15) is 27.8 Å². The number of hydrogen-bond donors (Lipinski definition) is 2. The molecule has 0 fully saturated rings. The van der Waals surface area contributed by atoms with E-state index in [4.69, 9.17) is 0 Å². The number of nitriles is 1. The van der Waals surface area contributed by atoms with Gasteiger partial charge < -0.3 is 10.6 Å². The van der Waals surface area contributed by atoms with Crippen LogP contribution in [-0.2, 0) is 0 Å². The fourth-order valence-corrected chi connectivity index (χ4v) is 3.01. The van der Waals surface area contributed by atoms with Crippen molar-refractivity contribution in [1.29, 1.82) is 5.26 Å². The van der Waals surface area contributed by atoms with Gasteiger partial charge in [0.05, 0.1) is 11.3 Å². The number of rotatable bonds is 5. The minimum Gasteiger partial charge on any atom is -0.339 e. The summed E-state index contributed by atoms with van der Waals surface area (Å²) in [6.07, 6.45) is 3.42. The third-order valence-electron chi connectivity index (χ3n) is 4.25. The van der Waals surface area contributed by atoms with Crippen molar-refractivity contribution in [3.63, 3.8) is 0 Å². The quantitative estimate of drug-likeness (QED) is 0.641. The van der Waals surface area contributed by atoms with Crippen LogP contribution in [0.25, 0.3) is 6.08 Å². The Labute approximate surface area is 159 Å². The molecule has 5 nitrogen and oxygen atoms in total. The van der Waals surface area contributed by atoms with Gasteiger partial charge in [-0.05, 0) is 44.0 Å². The van der Waals surface area contributed by atoms with E-state index in [0.717, 1.165) is 22.4 Å². The first-order valence-corrected chi connectivity index (χ1v) is 8.62. The lowest BCUT2D eigenvalue weighted by molar-refractivity contribution is 1.15. The Morgan fingerprint density at radius 2 is 1.78 bits per heavy atom. The first kappa shape index (κ1) is 18.2. The van der Waals surface area contributed by atoms with Crippen molar-refractivity contribution in [2.45, 2.75) is 20.8 Å². The number of nitrogens with zero attached hydrogens (tertiary/aromatic N) is 3. The van der Waals surface area contributed by atoms with E-state index < -0.39 is 0 Å². The highest BCUT2D eigenvalue weighted by molar-refractivity contribution is 5.73. The molecule has 1 aromatic heterocycles. The van der Waals surface area contributed by atoms with Gasteiger partial charge in [-0.3, -0.25) is 0 Å². The average Bonchev–Trinajstić information content (AvgIpc) is 2.65. The molecular weight excluding hydrogens is 334 g/mol. The van der Waals surface area contributed by atoms with Gasteiger partial charge in [0.15, 0.2) is 0 Å². The summed E-state index contributed by atoms with van der Waals surface area (Å²) < 4.78 is 0. The number of aromatic nitrogens is 2. The zero-order chi connectivity index (χ0) is 19.4. The zero-order valence-electron chi connectivity index (χ0n) is 15.7. The molecule has 2 N–H and O–H groups in total. The number of benzene rings is 2. The van der Waals surface area contributed by atoms with Gasteiger partial charge in [-0.25, -0.2) is 4.98 Å². The van der Waals surface area contributed by atoms with Gasteiger partial charge in [0.25, 0.3) is 0 Å². The van der Waals surface area contributed by atoms with Crippen molar-refractivity contribution in [1.82, 2.24) is 9.97 Å². The maximum Gasteiger partial charge on any atom is 0.229 e. The standard InChI is InChI=1S/C22H21N5/c1-5-17-13-24-22(25-19-9-7-6-8-18(19)12-23)27-21(17)26-20-15(3)10-14(2)11-16(20)4/h5-11,13H,1H2,2-4H3,(H2,24,25,26,27). The minimum atomic E-state index is 0.410. The first-order chi connectivity index (χ1) is 13.0. The molecule has 27 heavy (non-hydrogen) atoms. The zero-order valence-corrected chi connectivity index (χ0v) is 15.7. The van der Waals surface area contributed by atoms with Crippen molar-refractivity contribution in [2.75, 3.05) is 10.6 Å². The second-order valence-corrected chi connectivity index (χ2v) is 6.38. The maximum atomic E-state index is 9.26. The molecule has 0 saturated heterocycles. The van der Waals surface area contributed by atoms with E-state index in [1.807, 2.05) is 18.2 Å². The lowest BCUT2D eigenvalue weighted by atomic mass is 10.0. The van der Waals surface area contributed by atoms with E-state index >= 15 is 0 Å². The highest BCUT2D eigenvalue weighted by atomic mass is 15.1. The smallest absolute Gasteiger partial charge is 0.229 e. The minimum absolute atomic E-state index is 0.410. The molecule has 0 aliphatic heterocycles. The van der Waals surface area contributed by atoms with E-state index in [-0.39, 0.29) is 0 Å². The molecule has 2 aromatic carbocycles. The van der Waals surface area contributed by atoms with Crippen LogP contribution in [0.15, 0.2) is 49.2 Å². The molecule has 134 valence electrons. The first-order valence-electron chi connectivity index (χ1n) is 8.62. The molecule has 5 heteroatoms. The molecule has 0 bridgehead atoms. The van der Waals surface area contributed by atoms with Gasteiger partial charge in [-0.15, -0.1) is 0 Å². The topological polar surface area (TPSA) is 73.6 Å². The molecule has 0 atom stereocenters. The third-order valence-corrected chi connectivity index (χ3v) is 4.25. The Morgan fingerprint density at radius 1 is 1.07 bits per heavy atom. The van der Waals surface area contributed by atoms with Crippen LogP contribution in [0.2, 0.25) is 0 Å². The lowest BCUT2D eigenvalue weighted by Crippen LogP contribution is -2.05.